The van der Waals surface area contributed by atoms with Gasteiger partial charge in [0.15, 0.2) is 58.2 Å². The predicted molar refractivity (Wildman–Crippen MR) is 285 cm³/mol. The second-order valence-corrected chi connectivity index (χ2v) is 80.8. The van der Waals surface area contributed by atoms with Crippen LogP contribution in [0.15, 0.2) is 12.7 Å². The molecule has 0 radical (unpaired) electrons. The van der Waals surface area contributed by atoms with Crippen molar-refractivity contribution < 1.29 is 96.3 Å². The van der Waals surface area contributed by atoms with Gasteiger partial charge in [0.1, 0.15) is 0 Å². The first-order valence-corrected chi connectivity index (χ1v) is 62.6. The minimum Gasteiger partial charge on any atom is -0.463 e. The normalized spacial score (nSPS) is 36.5. The zero-order chi connectivity index (χ0) is 52.7. The third kappa shape index (κ3) is 17.4. The number of esters is 1. The van der Waals surface area contributed by atoms with Crippen LogP contribution in [0.5, 0.6) is 0 Å². The van der Waals surface area contributed by atoms with Crippen molar-refractivity contribution in [3.63, 3.8) is 0 Å². The van der Waals surface area contributed by atoms with Gasteiger partial charge in [-0.2, -0.15) is 0 Å². The molecule has 8 bridgehead atoms. The van der Waals surface area contributed by atoms with Crippen LogP contribution in [0.2, 0.25) is 150 Å². The molecule has 0 N–H and O–H groups in total. The van der Waals surface area contributed by atoms with Gasteiger partial charge in [-0.15, -0.1) is 0 Å². The van der Waals surface area contributed by atoms with Crippen molar-refractivity contribution in [2.24, 2.45) is 0 Å². The summed E-state index contributed by atoms with van der Waals surface area (Å²) in [5, 5.41) is 0. The van der Waals surface area contributed by atoms with E-state index in [1.54, 1.807) is 6.55 Å². The Balaban J connectivity index is 2.05. The molecule has 0 saturated carbocycles. The van der Waals surface area contributed by atoms with Gasteiger partial charge in [0.2, 0.25) is 0 Å². The Morgan fingerprint density at radius 1 is 0.391 bits per heavy atom. The van der Waals surface area contributed by atoms with Crippen molar-refractivity contribution in [1.29, 1.82) is 0 Å². The summed E-state index contributed by atoms with van der Waals surface area (Å²) in [6, 6.07) is 0.210. The predicted octanol–water partition coefficient (Wildman–Crippen LogP) is 6.94. The van der Waals surface area contributed by atoms with Crippen molar-refractivity contribution in [3.8, 4) is 0 Å². The Morgan fingerprint density at radius 3 is 0.768 bits per heavy atom. The molecule has 69 heavy (non-hydrogen) atoms. The van der Waals surface area contributed by atoms with Gasteiger partial charge >= 0.3 is 86.9 Å². The molecule has 6 fully saturated rings. The van der Waals surface area contributed by atoms with Crippen LogP contribution in [0.1, 0.15) is 13.3 Å². The van der Waals surface area contributed by atoms with Crippen LogP contribution in [0.25, 0.3) is 0 Å². The van der Waals surface area contributed by atoms with E-state index in [9.17, 15) is 4.79 Å². The summed E-state index contributed by atoms with van der Waals surface area (Å²) in [5.41, 5.74) is 0. The average molecular weight is 1260 g/mol. The van der Waals surface area contributed by atoms with E-state index in [2.05, 4.69) is 6.58 Å². The van der Waals surface area contributed by atoms with E-state index in [0.717, 1.165) is 6.08 Å². The molecule has 0 aromatic carbocycles. The van der Waals surface area contributed by atoms with Crippen LogP contribution in [-0.2, 0) is 96.3 Å². The van der Waals surface area contributed by atoms with Crippen LogP contribution >= 0.6 is 0 Å². The molecule has 0 aliphatic carbocycles. The van der Waals surface area contributed by atoms with Crippen molar-refractivity contribution in [3.05, 3.63) is 12.7 Å². The van der Waals surface area contributed by atoms with Gasteiger partial charge in [0.05, 0.1) is 6.61 Å². The van der Waals surface area contributed by atoms with Gasteiger partial charge in [-0.3, -0.25) is 0 Å². The molecule has 1 unspecified atom stereocenters. The van der Waals surface area contributed by atoms with E-state index in [1.165, 1.54) is 0 Å². The van der Waals surface area contributed by atoms with E-state index in [4.69, 9.17) is 91.5 Å². The quantitative estimate of drug-likeness (QED) is 0.0437. The van der Waals surface area contributed by atoms with Gasteiger partial charge < -0.3 is 91.5 Å². The molecule has 39 heteroatoms. The summed E-state index contributed by atoms with van der Waals surface area (Å²) in [5.74, 6) is -0.581. The standard InChI is InChI=1S/C30H80O23Si16/c1-25-30(31)32-28-27-29-61(24,33-26-2)41-69-51-66(38-58(15,16)17)45-63(35-55(6,7)8)42-62(34-54(3,4)5)43-64(47-66,36-56(9,10)11)49-68(53-69,40-60(21,22)23)50-65(44-62,37-57(12,13)14)48-67(46-63,52-69)39-59(18,19)20/h25H,1,26-29H2,2-24H3. The monoisotopic (exact) mass is 1260 g/mol. The lowest BCUT2D eigenvalue weighted by Gasteiger charge is -2.60. The molecule has 0 aromatic rings. The second-order valence-electron chi connectivity index (χ2n) is 23.9. The molecule has 6 aliphatic heterocycles. The first kappa shape index (κ1) is 61.7. The van der Waals surface area contributed by atoms with Gasteiger partial charge in [0, 0.05) is 12.7 Å². The fourth-order valence-corrected chi connectivity index (χ4v) is 72.8. The number of ether oxygens (including phenoxy) is 1. The molecular weight excluding hydrogens is 1180 g/mol. The van der Waals surface area contributed by atoms with Crippen molar-refractivity contribution in [1.82, 2.24) is 0 Å². The molecule has 402 valence electrons. The fourth-order valence-electron chi connectivity index (χ4n) is 6.81. The van der Waals surface area contributed by atoms with E-state index >= 15 is 0 Å². The smallest absolute Gasteiger partial charge is 0.463 e. The lowest BCUT2D eigenvalue weighted by Crippen LogP contribution is -2.93. The number of rotatable bonds is 23. The molecule has 0 amide bonds. The fraction of sp³-hybridized carbons (Fsp3) is 0.900. The van der Waals surface area contributed by atoms with Gasteiger partial charge in [-0.05, 0) is 163 Å². The third-order valence-electron chi connectivity index (χ3n) is 8.00. The lowest BCUT2D eigenvalue weighted by atomic mass is 10.5. The number of hydrogen-bond donors (Lipinski definition) is 0. The first-order chi connectivity index (χ1) is 30.7. The Kier molecular flexibility index (Phi) is 18.1. The number of carbonyl (C=O) groups is 1. The Hall–Kier alpha value is 1.84. The average Bonchev–Trinajstić information content (AvgIpc) is 2.96. The van der Waals surface area contributed by atoms with E-state index in [0.29, 0.717) is 0 Å². The van der Waals surface area contributed by atoms with E-state index in [-0.39, 0.29) is 25.7 Å². The SMILES string of the molecule is C=CC(=O)OCCC[Si](C)(OCC)O[Si]12O[Si]3(O[Si](C)(C)C)O[Si]4(O[Si](C)(C)C)O[Si]5(O[Si](C)(C)C)O[Si](O[Si](C)(C)C)(O3)O[Si](O[Si](C)(C)C)(O[Si](O[Si](C)(C)C)(O5)O[Si](O[Si](C)(C)C)(O4)O1)O2. The summed E-state index contributed by atoms with van der Waals surface area (Å²) in [6.45, 7) is 47.7. The van der Waals surface area contributed by atoms with Crippen LogP contribution < -0.4 is 0 Å². The highest BCUT2D eigenvalue weighted by atomic mass is 28.7. The Bertz CT molecular complexity index is 1680. The van der Waals surface area contributed by atoms with E-state index in [1.807, 2.05) is 144 Å². The molecular formula is C30H80O23Si16. The maximum Gasteiger partial charge on any atom is 0.653 e. The molecule has 6 heterocycles. The van der Waals surface area contributed by atoms with Crippen molar-refractivity contribution in [2.45, 2.75) is 163 Å². The van der Waals surface area contributed by atoms with E-state index < -0.39 is 145 Å². The van der Waals surface area contributed by atoms with Crippen molar-refractivity contribution >= 4 is 145 Å². The summed E-state index contributed by atoms with van der Waals surface area (Å²) < 4.78 is 159. The van der Waals surface area contributed by atoms with Gasteiger partial charge in [-0.25, -0.2) is 4.79 Å². The molecule has 23 nitrogen and oxygen atoms in total. The molecule has 6 rings (SSSR count). The van der Waals surface area contributed by atoms with Gasteiger partial charge in [-0.1, -0.05) is 6.58 Å². The number of carbonyl (C=O) groups excluding carboxylic acids is 1. The first-order valence-electron chi connectivity index (χ1n) is 23.1. The molecule has 1 atom stereocenters. The summed E-state index contributed by atoms with van der Waals surface area (Å²) in [6.07, 6.45) is 1.38. The topological polar surface area (TPSA) is 220 Å². The van der Waals surface area contributed by atoms with Crippen LogP contribution in [0, 0.1) is 0 Å². The molecule has 0 aromatic heterocycles. The molecule has 6 saturated heterocycles. The third-order valence-corrected chi connectivity index (χ3v) is 61.0. The summed E-state index contributed by atoms with van der Waals surface area (Å²) in [7, 11) is -65.9. The minimum absolute atomic E-state index is 0.0154. The van der Waals surface area contributed by atoms with Crippen LogP contribution in [0.4, 0.5) is 0 Å². The maximum absolute atomic E-state index is 12.2. The van der Waals surface area contributed by atoms with Crippen molar-refractivity contribution in [2.75, 3.05) is 13.2 Å². The largest absolute Gasteiger partial charge is 0.653 e. The summed E-state index contributed by atoms with van der Waals surface area (Å²) in [4.78, 5) is 12.2. The lowest BCUT2D eigenvalue weighted by molar-refractivity contribution is -0.138. The zero-order valence-corrected chi connectivity index (χ0v) is 61.0. The van der Waals surface area contributed by atoms with Crippen LogP contribution in [0.3, 0.4) is 0 Å². The van der Waals surface area contributed by atoms with Crippen LogP contribution in [-0.4, -0.2) is 158 Å². The minimum atomic E-state index is -5.37. The molecule has 6 aliphatic rings. The highest BCUT2D eigenvalue weighted by molar-refractivity contribution is 7.04. The number of hydrogen-bond acceptors (Lipinski definition) is 23. The molecule has 0 spiro atoms. The second kappa shape index (κ2) is 20.3. The highest BCUT2D eigenvalue weighted by Gasteiger charge is 2.92. The Labute approximate surface area is 427 Å². The maximum atomic E-state index is 12.2. The Morgan fingerprint density at radius 2 is 0.594 bits per heavy atom. The van der Waals surface area contributed by atoms with Gasteiger partial charge in [0.25, 0.3) is 0 Å². The highest BCUT2D eigenvalue weighted by Crippen LogP contribution is 2.53. The zero-order valence-electron chi connectivity index (χ0n) is 45.0. The summed E-state index contributed by atoms with van der Waals surface area (Å²) >= 11 is 0.